The Kier molecular flexibility index (Phi) is 3.55. The minimum atomic E-state index is -0.525. The van der Waals surface area contributed by atoms with Gasteiger partial charge >= 0.3 is 5.69 Å². The molecule has 7 nitrogen and oxygen atoms in total. The lowest BCUT2D eigenvalue weighted by Crippen LogP contribution is -2.40. The van der Waals surface area contributed by atoms with Gasteiger partial charge in [-0.15, -0.1) is 0 Å². The number of likely N-dealkylation sites (tertiary alicyclic amines) is 1. The van der Waals surface area contributed by atoms with Crippen molar-refractivity contribution >= 4 is 11.6 Å². The van der Waals surface area contributed by atoms with Crippen LogP contribution in [-0.2, 0) is 7.05 Å². The second kappa shape index (κ2) is 4.99. The Bertz CT molecular complexity index is 523. The molecule has 0 spiro atoms. The van der Waals surface area contributed by atoms with Crippen LogP contribution in [0.5, 0.6) is 0 Å². The summed E-state index contributed by atoms with van der Waals surface area (Å²) in [5.41, 5.74) is 0.184. The van der Waals surface area contributed by atoms with E-state index in [1.54, 1.807) is 18.9 Å². The molecular weight excluding hydrogens is 248 g/mol. The molecule has 1 amide bonds. The highest BCUT2D eigenvalue weighted by molar-refractivity contribution is 5.97. The van der Waals surface area contributed by atoms with Gasteiger partial charge in [-0.05, 0) is 25.7 Å². The van der Waals surface area contributed by atoms with Crippen LogP contribution < -0.4 is 0 Å². The number of piperidine rings is 1. The molecule has 1 atom stereocenters. The Morgan fingerprint density at radius 3 is 2.79 bits per heavy atom. The third kappa shape index (κ3) is 2.45. The highest BCUT2D eigenvalue weighted by Gasteiger charge is 2.33. The van der Waals surface area contributed by atoms with Crippen LogP contribution in [0.2, 0.25) is 0 Å². The third-order valence-corrected chi connectivity index (χ3v) is 3.52. The zero-order valence-electron chi connectivity index (χ0n) is 11.4. The summed E-state index contributed by atoms with van der Waals surface area (Å²) in [4.78, 5) is 24.7. The fraction of sp³-hybridized carbons (Fsp3) is 0.667. The summed E-state index contributed by atoms with van der Waals surface area (Å²) in [7, 11) is 1.57. The lowest BCUT2D eigenvalue weighted by molar-refractivity contribution is -0.385. The van der Waals surface area contributed by atoms with Gasteiger partial charge in [0.15, 0.2) is 0 Å². The van der Waals surface area contributed by atoms with Crippen molar-refractivity contribution in [2.45, 2.75) is 26.7 Å². The van der Waals surface area contributed by atoms with Gasteiger partial charge in [-0.1, -0.05) is 6.92 Å². The molecule has 0 N–H and O–H groups in total. The molecule has 2 rings (SSSR count). The Balaban J connectivity index is 2.35. The van der Waals surface area contributed by atoms with Crippen LogP contribution in [0.1, 0.15) is 35.9 Å². The average Bonchev–Trinajstić information content (AvgIpc) is 2.63. The van der Waals surface area contributed by atoms with Crippen molar-refractivity contribution in [3.8, 4) is 0 Å². The predicted molar refractivity (Wildman–Crippen MR) is 68.9 cm³/mol. The second-order valence-corrected chi connectivity index (χ2v) is 5.16. The van der Waals surface area contributed by atoms with Crippen LogP contribution in [0.25, 0.3) is 0 Å². The lowest BCUT2D eigenvalue weighted by Gasteiger charge is -2.30. The summed E-state index contributed by atoms with van der Waals surface area (Å²) < 4.78 is 1.31. The smallest absolute Gasteiger partial charge is 0.322 e. The monoisotopic (exact) mass is 266 g/mol. The zero-order chi connectivity index (χ0) is 14.2. The molecule has 1 aliphatic heterocycles. The molecule has 0 aliphatic carbocycles. The summed E-state index contributed by atoms with van der Waals surface area (Å²) in [6.45, 7) is 4.95. The molecule has 0 aromatic carbocycles. The van der Waals surface area contributed by atoms with E-state index in [-0.39, 0.29) is 23.0 Å². The van der Waals surface area contributed by atoms with Crippen LogP contribution >= 0.6 is 0 Å². The van der Waals surface area contributed by atoms with Crippen molar-refractivity contribution in [1.29, 1.82) is 0 Å². The second-order valence-electron chi connectivity index (χ2n) is 5.16. The van der Waals surface area contributed by atoms with Gasteiger partial charge in [0.1, 0.15) is 5.69 Å². The van der Waals surface area contributed by atoms with Gasteiger partial charge in [0, 0.05) is 20.1 Å². The molecule has 0 saturated carbocycles. The maximum Gasteiger partial charge on any atom is 0.322 e. The number of carbonyl (C=O) groups excluding carboxylic acids is 1. The van der Waals surface area contributed by atoms with Gasteiger partial charge in [-0.25, -0.2) is 0 Å². The van der Waals surface area contributed by atoms with Crippen LogP contribution in [0.3, 0.4) is 0 Å². The number of aryl methyl sites for hydroxylation is 2. The molecule has 1 aromatic heterocycles. The molecular formula is C12H18N4O3. The van der Waals surface area contributed by atoms with Gasteiger partial charge in [0.05, 0.1) is 4.92 Å². The number of nitro groups is 1. The Labute approximate surface area is 111 Å². The average molecular weight is 266 g/mol. The van der Waals surface area contributed by atoms with E-state index in [1.165, 1.54) is 4.68 Å². The summed E-state index contributed by atoms with van der Waals surface area (Å²) in [6.07, 6.45) is 2.04. The Morgan fingerprint density at radius 2 is 2.21 bits per heavy atom. The number of aromatic nitrogens is 2. The summed E-state index contributed by atoms with van der Waals surface area (Å²) in [5.74, 6) is 0.146. The van der Waals surface area contributed by atoms with Crippen molar-refractivity contribution in [2.75, 3.05) is 13.1 Å². The van der Waals surface area contributed by atoms with E-state index in [0.29, 0.717) is 19.0 Å². The van der Waals surface area contributed by atoms with Gasteiger partial charge in [0.25, 0.3) is 5.91 Å². The van der Waals surface area contributed by atoms with E-state index in [0.717, 1.165) is 12.8 Å². The number of nitrogens with zero attached hydrogens (tertiary/aromatic N) is 4. The zero-order valence-corrected chi connectivity index (χ0v) is 11.4. The molecule has 1 unspecified atom stereocenters. The first-order valence-electron chi connectivity index (χ1n) is 6.39. The molecule has 0 radical (unpaired) electrons. The van der Waals surface area contributed by atoms with Crippen LogP contribution in [0.15, 0.2) is 0 Å². The molecule has 1 saturated heterocycles. The van der Waals surface area contributed by atoms with Crippen molar-refractivity contribution in [3.05, 3.63) is 21.5 Å². The van der Waals surface area contributed by atoms with E-state index in [4.69, 9.17) is 0 Å². The minimum Gasteiger partial charge on any atom is -0.337 e. The first kappa shape index (κ1) is 13.5. The maximum atomic E-state index is 12.5. The van der Waals surface area contributed by atoms with Gasteiger partial charge in [-0.2, -0.15) is 5.10 Å². The van der Waals surface area contributed by atoms with Crippen LogP contribution in [0, 0.1) is 23.0 Å². The lowest BCUT2D eigenvalue weighted by atomic mass is 10.00. The number of amides is 1. The summed E-state index contributed by atoms with van der Waals surface area (Å²) in [6, 6.07) is 0. The molecule has 0 bridgehead atoms. The minimum absolute atomic E-state index is 0.0802. The first-order valence-corrected chi connectivity index (χ1v) is 6.39. The van der Waals surface area contributed by atoms with E-state index >= 15 is 0 Å². The van der Waals surface area contributed by atoms with E-state index < -0.39 is 4.92 Å². The quantitative estimate of drug-likeness (QED) is 0.600. The van der Waals surface area contributed by atoms with Crippen LogP contribution in [0.4, 0.5) is 5.69 Å². The van der Waals surface area contributed by atoms with Gasteiger partial charge < -0.3 is 4.90 Å². The molecule has 1 aliphatic rings. The standard InChI is InChI=1S/C12H18N4O3/c1-8-5-4-6-15(7-8)12(17)11-10(16(18)19)9(2)13-14(11)3/h8H,4-7H2,1-3H3. The fourth-order valence-electron chi connectivity index (χ4n) is 2.63. The molecule has 104 valence electrons. The molecule has 7 heteroatoms. The molecule has 1 aromatic rings. The SMILES string of the molecule is Cc1nn(C)c(C(=O)N2CCCC(C)C2)c1[N+](=O)[O-]. The Morgan fingerprint density at radius 1 is 1.53 bits per heavy atom. The van der Waals surface area contributed by atoms with Gasteiger partial charge in [0.2, 0.25) is 5.69 Å². The summed E-state index contributed by atoms with van der Waals surface area (Å²) in [5, 5.41) is 15.1. The van der Waals surface area contributed by atoms with E-state index in [1.807, 2.05) is 0 Å². The third-order valence-electron chi connectivity index (χ3n) is 3.52. The van der Waals surface area contributed by atoms with Crippen molar-refractivity contribution in [1.82, 2.24) is 14.7 Å². The van der Waals surface area contributed by atoms with Crippen molar-refractivity contribution in [3.63, 3.8) is 0 Å². The Hall–Kier alpha value is -1.92. The van der Waals surface area contributed by atoms with Crippen LogP contribution in [-0.4, -0.2) is 38.6 Å². The molecule has 2 heterocycles. The number of hydrogen-bond acceptors (Lipinski definition) is 4. The van der Waals surface area contributed by atoms with E-state index in [9.17, 15) is 14.9 Å². The number of carbonyl (C=O) groups is 1. The molecule has 19 heavy (non-hydrogen) atoms. The predicted octanol–water partition coefficient (Wildman–Crippen LogP) is 1.51. The fourth-order valence-corrected chi connectivity index (χ4v) is 2.63. The highest BCUT2D eigenvalue weighted by Crippen LogP contribution is 2.25. The molecule has 1 fully saturated rings. The van der Waals surface area contributed by atoms with Crippen molar-refractivity contribution in [2.24, 2.45) is 13.0 Å². The largest absolute Gasteiger partial charge is 0.337 e. The summed E-state index contributed by atoms with van der Waals surface area (Å²) >= 11 is 0. The maximum absolute atomic E-state index is 12.5. The number of hydrogen-bond donors (Lipinski definition) is 0. The first-order chi connectivity index (χ1) is 8.91. The topological polar surface area (TPSA) is 81.3 Å². The normalized spacial score (nSPS) is 19.5. The van der Waals surface area contributed by atoms with Gasteiger partial charge in [-0.3, -0.25) is 19.6 Å². The highest BCUT2D eigenvalue weighted by atomic mass is 16.6. The number of rotatable bonds is 2. The van der Waals surface area contributed by atoms with Crippen molar-refractivity contribution < 1.29 is 9.72 Å². The van der Waals surface area contributed by atoms with E-state index in [2.05, 4.69) is 12.0 Å².